The Hall–Kier alpha value is -4.39. The van der Waals surface area contributed by atoms with E-state index in [0.29, 0.717) is 11.3 Å². The minimum Gasteiger partial charge on any atom is -0.483 e. The maximum absolute atomic E-state index is 12.4. The van der Waals surface area contributed by atoms with E-state index >= 15 is 0 Å². The minimum atomic E-state index is -0.553. The number of rotatable bonds is 10. The van der Waals surface area contributed by atoms with E-state index in [9.17, 15) is 25.0 Å². The van der Waals surface area contributed by atoms with Gasteiger partial charge in [0.1, 0.15) is 17.4 Å². The van der Waals surface area contributed by atoms with Crippen molar-refractivity contribution in [3.05, 3.63) is 63.7 Å². The molecule has 2 rings (SSSR count). The maximum atomic E-state index is 12.4. The number of nitrogens with one attached hydrogen (secondary N) is 2. The molecule has 2 N–H and O–H groups in total. The van der Waals surface area contributed by atoms with E-state index in [1.807, 2.05) is 26.0 Å². The van der Waals surface area contributed by atoms with E-state index in [2.05, 4.69) is 15.5 Å². The van der Waals surface area contributed by atoms with E-state index in [-0.39, 0.29) is 23.6 Å². The first-order valence-electron chi connectivity index (χ1n) is 10.2. The number of carbonyl (C=O) groups excluding carboxylic acids is 2. The Morgan fingerprint density at radius 2 is 1.94 bits per heavy atom. The first-order valence-corrected chi connectivity index (χ1v) is 10.2. The van der Waals surface area contributed by atoms with Gasteiger partial charge in [-0.25, -0.2) is 0 Å². The van der Waals surface area contributed by atoms with Gasteiger partial charge in [-0.05, 0) is 38.1 Å². The molecule has 2 aromatic rings. The van der Waals surface area contributed by atoms with E-state index in [1.165, 1.54) is 37.4 Å². The van der Waals surface area contributed by atoms with Gasteiger partial charge in [0, 0.05) is 55.3 Å². The molecule has 0 aliphatic carbocycles. The molecule has 172 valence electrons. The molecule has 0 unspecified atom stereocenters. The van der Waals surface area contributed by atoms with Crippen molar-refractivity contribution >= 4 is 35.0 Å². The van der Waals surface area contributed by atoms with Crippen molar-refractivity contribution in [3.63, 3.8) is 0 Å². The normalized spacial score (nSPS) is 10.7. The summed E-state index contributed by atoms with van der Waals surface area (Å²) in [7, 11) is 1.42. The van der Waals surface area contributed by atoms with Gasteiger partial charge < -0.3 is 20.3 Å². The Bertz CT molecular complexity index is 1100. The van der Waals surface area contributed by atoms with Crippen molar-refractivity contribution in [1.29, 1.82) is 5.26 Å². The molecule has 10 nitrogen and oxygen atoms in total. The average Bonchev–Trinajstić information content (AvgIpc) is 2.82. The van der Waals surface area contributed by atoms with Gasteiger partial charge in [-0.1, -0.05) is 6.07 Å². The zero-order chi connectivity index (χ0) is 24.4. The van der Waals surface area contributed by atoms with Crippen molar-refractivity contribution in [2.75, 3.05) is 37.0 Å². The van der Waals surface area contributed by atoms with Crippen LogP contribution in [-0.2, 0) is 9.59 Å². The lowest BCUT2D eigenvalue weighted by Crippen LogP contribution is -2.23. The minimum absolute atomic E-state index is 0.112. The van der Waals surface area contributed by atoms with Gasteiger partial charge in [0.05, 0.1) is 4.92 Å². The molecule has 0 atom stereocenters. The molecule has 2 aromatic carbocycles. The fraction of sp³-hybridized carbons (Fsp3) is 0.261. The number of likely N-dealkylation sites (N-methyl/N-ethyl adjacent to an activating group) is 1. The highest BCUT2D eigenvalue weighted by atomic mass is 16.6. The Labute approximate surface area is 191 Å². The summed E-state index contributed by atoms with van der Waals surface area (Å²) in [6.45, 7) is 5.13. The lowest BCUT2D eigenvalue weighted by molar-refractivity contribution is -0.384. The summed E-state index contributed by atoms with van der Waals surface area (Å²) in [5, 5.41) is 25.2. The van der Waals surface area contributed by atoms with Crippen molar-refractivity contribution in [2.45, 2.75) is 13.8 Å². The molecule has 0 aliphatic rings. The second kappa shape index (κ2) is 11.9. The number of nitro groups is 1. The van der Waals surface area contributed by atoms with Crippen LogP contribution in [0.3, 0.4) is 0 Å². The average molecular weight is 451 g/mol. The third kappa shape index (κ3) is 6.80. The molecule has 10 heteroatoms. The van der Waals surface area contributed by atoms with Gasteiger partial charge in [0.2, 0.25) is 0 Å². The Balaban J connectivity index is 2.29. The van der Waals surface area contributed by atoms with Crippen molar-refractivity contribution in [2.24, 2.45) is 0 Å². The highest BCUT2D eigenvalue weighted by Crippen LogP contribution is 2.28. The molecule has 33 heavy (non-hydrogen) atoms. The Morgan fingerprint density at radius 3 is 2.55 bits per heavy atom. The highest BCUT2D eigenvalue weighted by Gasteiger charge is 2.14. The number of hydrogen-bond donors (Lipinski definition) is 2. The smallest absolute Gasteiger partial charge is 0.271 e. The zero-order valence-electron chi connectivity index (χ0n) is 18.6. The monoisotopic (exact) mass is 451 g/mol. The lowest BCUT2D eigenvalue weighted by atomic mass is 10.1. The van der Waals surface area contributed by atoms with Crippen molar-refractivity contribution < 1.29 is 19.2 Å². The SMILES string of the molecule is CCN(CC)c1ccc(/C=C(\C#N)C(=O)NC)c(OCC(=O)Nc2cccc([N+](=O)[O-])c2)c1. The Morgan fingerprint density at radius 1 is 1.21 bits per heavy atom. The molecule has 0 bridgehead atoms. The van der Waals surface area contributed by atoms with Gasteiger partial charge >= 0.3 is 0 Å². The van der Waals surface area contributed by atoms with Crippen LogP contribution in [0.25, 0.3) is 6.08 Å². The van der Waals surface area contributed by atoms with Crippen molar-refractivity contribution in [1.82, 2.24) is 5.32 Å². The number of nitro benzene ring substituents is 1. The predicted molar refractivity (Wildman–Crippen MR) is 125 cm³/mol. The van der Waals surface area contributed by atoms with Crippen LogP contribution in [0, 0.1) is 21.4 Å². The maximum Gasteiger partial charge on any atom is 0.271 e. The van der Waals surface area contributed by atoms with Crippen LogP contribution in [0.5, 0.6) is 5.75 Å². The van der Waals surface area contributed by atoms with Crippen LogP contribution in [0.4, 0.5) is 17.1 Å². The number of benzene rings is 2. The first kappa shape index (κ1) is 24.9. The molecule has 0 saturated carbocycles. The second-order valence-corrected chi connectivity index (χ2v) is 6.79. The summed E-state index contributed by atoms with van der Waals surface area (Å²) in [5.74, 6) is -0.754. The summed E-state index contributed by atoms with van der Waals surface area (Å²) in [4.78, 5) is 36.7. The lowest BCUT2D eigenvalue weighted by Gasteiger charge is -2.22. The molecular weight excluding hydrogens is 426 g/mol. The number of ether oxygens (including phenoxy) is 1. The second-order valence-electron chi connectivity index (χ2n) is 6.79. The summed E-state index contributed by atoms with van der Waals surface area (Å²) in [6, 6.07) is 12.7. The number of anilines is 2. The van der Waals surface area contributed by atoms with Crippen LogP contribution < -0.4 is 20.3 Å². The number of nitrogens with zero attached hydrogens (tertiary/aromatic N) is 3. The van der Waals surface area contributed by atoms with Gasteiger partial charge in [-0.2, -0.15) is 5.26 Å². The number of nitriles is 1. The van der Waals surface area contributed by atoms with Gasteiger partial charge in [0.15, 0.2) is 6.61 Å². The third-order valence-corrected chi connectivity index (χ3v) is 4.72. The highest BCUT2D eigenvalue weighted by molar-refractivity contribution is 6.02. The largest absolute Gasteiger partial charge is 0.483 e. The number of carbonyl (C=O) groups is 2. The molecule has 0 spiro atoms. The molecule has 2 amide bonds. The summed E-state index contributed by atoms with van der Waals surface area (Å²) in [5.41, 5.74) is 1.31. The van der Waals surface area contributed by atoms with Crippen LogP contribution in [-0.4, -0.2) is 43.5 Å². The summed E-state index contributed by atoms with van der Waals surface area (Å²) in [6.07, 6.45) is 1.39. The molecule has 0 aromatic heterocycles. The van der Waals surface area contributed by atoms with E-state index in [0.717, 1.165) is 18.8 Å². The van der Waals surface area contributed by atoms with Gasteiger partial charge in [0.25, 0.3) is 17.5 Å². The third-order valence-electron chi connectivity index (χ3n) is 4.72. The van der Waals surface area contributed by atoms with E-state index < -0.39 is 16.7 Å². The molecular formula is C23H25N5O5. The molecule has 0 radical (unpaired) electrons. The predicted octanol–water partition coefficient (Wildman–Crippen LogP) is 3.11. The summed E-state index contributed by atoms with van der Waals surface area (Å²) >= 11 is 0. The first-order chi connectivity index (χ1) is 15.8. The van der Waals surface area contributed by atoms with Crippen LogP contribution in [0.1, 0.15) is 19.4 Å². The zero-order valence-corrected chi connectivity index (χ0v) is 18.6. The number of hydrogen-bond acceptors (Lipinski definition) is 7. The van der Waals surface area contributed by atoms with Crippen LogP contribution in [0.15, 0.2) is 48.0 Å². The molecule has 0 saturated heterocycles. The molecule has 0 heterocycles. The standard InChI is InChI=1S/C23H25N5O5/c1-4-27(5-2)19-10-9-16(11-17(14-24)23(30)25-3)21(13-19)33-15-22(29)26-18-7-6-8-20(12-18)28(31)32/h6-13H,4-5,15H2,1-3H3,(H,25,30)(H,26,29)/b17-11+. The summed E-state index contributed by atoms with van der Waals surface area (Å²) < 4.78 is 5.73. The number of amides is 2. The van der Waals surface area contributed by atoms with Gasteiger partial charge in [-0.15, -0.1) is 0 Å². The molecule has 0 fully saturated rings. The van der Waals surface area contributed by atoms with E-state index in [4.69, 9.17) is 4.74 Å². The van der Waals surface area contributed by atoms with Crippen LogP contribution >= 0.6 is 0 Å². The Kier molecular flexibility index (Phi) is 8.94. The molecule has 0 aliphatic heterocycles. The van der Waals surface area contributed by atoms with Crippen molar-refractivity contribution in [3.8, 4) is 11.8 Å². The topological polar surface area (TPSA) is 138 Å². The van der Waals surface area contributed by atoms with E-state index in [1.54, 1.807) is 12.1 Å². The van der Waals surface area contributed by atoms with Gasteiger partial charge in [-0.3, -0.25) is 19.7 Å². The fourth-order valence-corrected chi connectivity index (χ4v) is 3.03. The number of non-ortho nitro benzene ring substituents is 1. The fourth-order valence-electron chi connectivity index (χ4n) is 3.03. The van der Waals surface area contributed by atoms with Crippen LogP contribution in [0.2, 0.25) is 0 Å². The quantitative estimate of drug-likeness (QED) is 0.245.